The molecule has 20 heavy (non-hydrogen) atoms. The molecule has 0 aromatic carbocycles. The molecule has 0 spiro atoms. The molecule has 0 aliphatic carbocycles. The molecule has 1 fully saturated rings. The van der Waals surface area contributed by atoms with Crippen LogP contribution in [-0.4, -0.2) is 38.7 Å². The summed E-state index contributed by atoms with van der Waals surface area (Å²) in [6, 6.07) is 1.62. The largest absolute Gasteiger partial charge is 0.465 e. The Hall–Kier alpha value is -1.84. The zero-order valence-electron chi connectivity index (χ0n) is 10.3. The second-order valence-electron chi connectivity index (χ2n) is 4.39. The molecule has 7 heteroatoms. The number of carboxylic acid groups (broad SMARTS) is 1. The molecule has 2 aromatic heterocycles. The fourth-order valence-corrected chi connectivity index (χ4v) is 3.30. The summed E-state index contributed by atoms with van der Waals surface area (Å²) in [6.07, 6.45) is 2.14. The number of thiophene rings is 1. The summed E-state index contributed by atoms with van der Waals surface area (Å²) in [7, 11) is 0. The average molecular weight is 308 g/mol. The number of aromatic nitrogens is 2. The Balaban J connectivity index is 1.88. The van der Waals surface area contributed by atoms with E-state index in [1.807, 2.05) is 6.07 Å². The van der Waals surface area contributed by atoms with Gasteiger partial charge in [0.05, 0.1) is 21.1 Å². The zero-order chi connectivity index (χ0) is 14.1. The Kier molecular flexibility index (Phi) is 3.47. The van der Waals surface area contributed by atoms with Crippen molar-refractivity contribution in [3.8, 4) is 11.8 Å². The highest BCUT2D eigenvalue weighted by molar-refractivity contribution is 7.20. The van der Waals surface area contributed by atoms with Crippen LogP contribution in [0.1, 0.15) is 17.7 Å². The van der Waals surface area contributed by atoms with Crippen molar-refractivity contribution < 1.29 is 9.90 Å². The first kappa shape index (κ1) is 13.2. The van der Waals surface area contributed by atoms with Crippen molar-refractivity contribution in [2.24, 2.45) is 0 Å². The second-order valence-corrected chi connectivity index (χ2v) is 5.80. The molecule has 3 heterocycles. The van der Waals surface area contributed by atoms with E-state index in [0.717, 1.165) is 27.9 Å². The summed E-state index contributed by atoms with van der Waals surface area (Å²) in [4.78, 5) is 21.3. The molecule has 1 aliphatic heterocycles. The van der Waals surface area contributed by atoms with Gasteiger partial charge in [-0.1, -0.05) is 23.4 Å². The molecule has 5 nitrogen and oxygen atoms in total. The number of amides is 1. The van der Waals surface area contributed by atoms with Gasteiger partial charge in [-0.15, -0.1) is 11.3 Å². The van der Waals surface area contributed by atoms with E-state index < -0.39 is 6.09 Å². The van der Waals surface area contributed by atoms with Gasteiger partial charge in [-0.3, -0.25) is 4.90 Å². The van der Waals surface area contributed by atoms with Gasteiger partial charge in [0, 0.05) is 6.54 Å². The van der Waals surface area contributed by atoms with Gasteiger partial charge in [0.15, 0.2) is 0 Å². The fraction of sp³-hybridized carbons (Fsp3) is 0.308. The Morgan fingerprint density at radius 1 is 1.55 bits per heavy atom. The van der Waals surface area contributed by atoms with E-state index >= 15 is 0 Å². The summed E-state index contributed by atoms with van der Waals surface area (Å²) in [6.45, 7) is 0.554. The molecule has 3 rings (SSSR count). The van der Waals surface area contributed by atoms with E-state index in [1.54, 1.807) is 0 Å². The Morgan fingerprint density at radius 3 is 3.15 bits per heavy atom. The minimum Gasteiger partial charge on any atom is -0.465 e. The summed E-state index contributed by atoms with van der Waals surface area (Å²) < 4.78 is 0.806. The summed E-state index contributed by atoms with van der Waals surface area (Å²) >= 11 is 7.41. The van der Waals surface area contributed by atoms with Gasteiger partial charge < -0.3 is 5.11 Å². The van der Waals surface area contributed by atoms with Crippen LogP contribution in [0.25, 0.3) is 10.2 Å². The third-order valence-corrected chi connectivity index (χ3v) is 4.57. The highest BCUT2D eigenvalue weighted by Crippen LogP contribution is 2.28. The topological polar surface area (TPSA) is 66.3 Å². The van der Waals surface area contributed by atoms with E-state index in [9.17, 15) is 4.79 Å². The van der Waals surface area contributed by atoms with Crippen molar-refractivity contribution >= 4 is 39.2 Å². The lowest BCUT2D eigenvalue weighted by Crippen LogP contribution is -2.33. The minimum atomic E-state index is -0.910. The molecule has 1 amide bonds. The van der Waals surface area contributed by atoms with Gasteiger partial charge in [0.1, 0.15) is 11.5 Å². The highest BCUT2D eigenvalue weighted by atomic mass is 35.5. The van der Waals surface area contributed by atoms with Gasteiger partial charge in [0.25, 0.3) is 0 Å². The SMILES string of the molecule is O=C(O)N1CCC[C@@H]1C#Cc1cc2ncnc(Cl)c2s1. The number of nitrogens with zero attached hydrogens (tertiary/aromatic N) is 3. The van der Waals surface area contributed by atoms with Crippen LogP contribution >= 0.6 is 22.9 Å². The molecule has 0 radical (unpaired) electrons. The van der Waals surface area contributed by atoms with Gasteiger partial charge in [-0.2, -0.15) is 0 Å². The third kappa shape index (κ3) is 2.42. The van der Waals surface area contributed by atoms with E-state index in [2.05, 4.69) is 21.8 Å². The van der Waals surface area contributed by atoms with Gasteiger partial charge >= 0.3 is 6.09 Å². The lowest BCUT2D eigenvalue weighted by Gasteiger charge is -2.15. The van der Waals surface area contributed by atoms with E-state index in [1.165, 1.54) is 22.6 Å². The normalized spacial score (nSPS) is 18.1. The minimum absolute atomic E-state index is 0.223. The van der Waals surface area contributed by atoms with Crippen LogP contribution in [0.5, 0.6) is 0 Å². The monoisotopic (exact) mass is 307 g/mol. The molecule has 0 saturated carbocycles. The molecule has 1 saturated heterocycles. The molecule has 1 N–H and O–H groups in total. The lowest BCUT2D eigenvalue weighted by molar-refractivity contribution is 0.148. The van der Waals surface area contributed by atoms with Crippen LogP contribution in [0.15, 0.2) is 12.4 Å². The van der Waals surface area contributed by atoms with E-state index in [4.69, 9.17) is 16.7 Å². The van der Waals surface area contributed by atoms with Crippen molar-refractivity contribution in [2.75, 3.05) is 6.54 Å². The molecular weight excluding hydrogens is 298 g/mol. The van der Waals surface area contributed by atoms with Crippen molar-refractivity contribution in [1.82, 2.24) is 14.9 Å². The van der Waals surface area contributed by atoms with Crippen LogP contribution in [0.4, 0.5) is 4.79 Å². The molecular formula is C13H10ClN3O2S. The first-order valence-electron chi connectivity index (χ1n) is 6.06. The Labute approximate surface area is 124 Å². The predicted octanol–water partition coefficient (Wildman–Crippen LogP) is 2.84. The average Bonchev–Trinajstić information content (AvgIpc) is 3.03. The molecule has 1 aliphatic rings. The molecule has 1 atom stereocenters. The summed E-state index contributed by atoms with van der Waals surface area (Å²) in [5.41, 5.74) is 0.765. The zero-order valence-corrected chi connectivity index (χ0v) is 11.9. The van der Waals surface area contributed by atoms with Crippen LogP contribution < -0.4 is 0 Å². The standard InChI is InChI=1S/C13H10ClN3O2S/c14-12-11-10(15-7-16-12)6-9(20-11)4-3-8-2-1-5-17(8)13(18)19/h6-8H,1-2,5H2,(H,18,19)/t8-/m1/s1. The van der Waals surface area contributed by atoms with E-state index in [0.29, 0.717) is 11.7 Å². The molecule has 0 bridgehead atoms. The highest BCUT2D eigenvalue weighted by Gasteiger charge is 2.26. The number of hydrogen-bond acceptors (Lipinski definition) is 4. The number of carbonyl (C=O) groups is 1. The smallest absolute Gasteiger partial charge is 0.408 e. The maximum Gasteiger partial charge on any atom is 0.408 e. The first-order valence-corrected chi connectivity index (χ1v) is 7.26. The van der Waals surface area contributed by atoms with Gasteiger partial charge in [-0.05, 0) is 18.9 Å². The van der Waals surface area contributed by atoms with Crippen molar-refractivity contribution in [1.29, 1.82) is 0 Å². The van der Waals surface area contributed by atoms with Gasteiger partial charge in [0.2, 0.25) is 0 Å². The number of likely N-dealkylation sites (tertiary alicyclic amines) is 1. The van der Waals surface area contributed by atoms with Crippen LogP contribution in [0.3, 0.4) is 0 Å². The second kappa shape index (κ2) is 5.27. The quantitative estimate of drug-likeness (QED) is 0.600. The number of hydrogen-bond donors (Lipinski definition) is 1. The maximum absolute atomic E-state index is 11.0. The number of rotatable bonds is 0. The summed E-state index contributed by atoms with van der Waals surface area (Å²) in [5.74, 6) is 6.05. The van der Waals surface area contributed by atoms with E-state index in [-0.39, 0.29) is 6.04 Å². The predicted molar refractivity (Wildman–Crippen MR) is 77.1 cm³/mol. The molecule has 0 unspecified atom stereocenters. The Bertz CT molecular complexity index is 734. The lowest BCUT2D eigenvalue weighted by atomic mass is 10.2. The molecule has 102 valence electrons. The molecule has 2 aromatic rings. The van der Waals surface area contributed by atoms with Crippen molar-refractivity contribution in [3.63, 3.8) is 0 Å². The van der Waals surface area contributed by atoms with Gasteiger partial charge in [-0.25, -0.2) is 14.8 Å². The Morgan fingerprint density at radius 2 is 2.40 bits per heavy atom. The van der Waals surface area contributed by atoms with Crippen LogP contribution in [-0.2, 0) is 0 Å². The first-order chi connectivity index (χ1) is 9.65. The third-order valence-electron chi connectivity index (χ3n) is 3.13. The number of fused-ring (bicyclic) bond motifs is 1. The van der Waals surface area contributed by atoms with Crippen LogP contribution in [0.2, 0.25) is 5.15 Å². The van der Waals surface area contributed by atoms with Crippen molar-refractivity contribution in [2.45, 2.75) is 18.9 Å². The fourth-order valence-electron chi connectivity index (χ4n) is 2.19. The maximum atomic E-state index is 11.0. The number of halogens is 1. The summed E-state index contributed by atoms with van der Waals surface area (Å²) in [5, 5.41) is 9.47. The van der Waals surface area contributed by atoms with Crippen molar-refractivity contribution in [3.05, 3.63) is 22.4 Å². The van der Waals surface area contributed by atoms with Crippen LogP contribution in [0, 0.1) is 11.8 Å².